The highest BCUT2D eigenvalue weighted by atomic mass is 32.2. The zero-order valence-corrected chi connectivity index (χ0v) is 23.0. The molecule has 1 unspecified atom stereocenters. The molecule has 0 aliphatic carbocycles. The van der Waals surface area contributed by atoms with Gasteiger partial charge in [0.2, 0.25) is 0 Å². The van der Waals surface area contributed by atoms with Crippen molar-refractivity contribution in [3.8, 4) is 0 Å². The molecule has 0 aliphatic rings. The summed E-state index contributed by atoms with van der Waals surface area (Å²) >= 11 is 0. The minimum atomic E-state index is -5.94. The first-order chi connectivity index (χ1) is 16.2. The van der Waals surface area contributed by atoms with Gasteiger partial charge < -0.3 is 14.6 Å². The third kappa shape index (κ3) is 12.2. The van der Waals surface area contributed by atoms with Crippen LogP contribution in [0.15, 0.2) is 0 Å². The van der Waals surface area contributed by atoms with Crippen molar-refractivity contribution in [2.24, 2.45) is 16.7 Å². The van der Waals surface area contributed by atoms with Gasteiger partial charge in [-0.15, -0.1) is 0 Å². The lowest BCUT2D eigenvalue weighted by Crippen LogP contribution is -2.59. The van der Waals surface area contributed by atoms with E-state index in [2.05, 4.69) is 0 Å². The quantitative estimate of drug-likeness (QED) is 0.198. The molecule has 1 atom stereocenters. The van der Waals surface area contributed by atoms with Crippen molar-refractivity contribution in [1.82, 2.24) is 0 Å². The topological polar surface area (TPSA) is 127 Å². The lowest BCUT2D eigenvalue weighted by molar-refractivity contribution is -0.374. The number of carbonyl (C=O) groups is 2. The first-order valence-electron chi connectivity index (χ1n) is 11.4. The Morgan fingerprint density at radius 2 is 1.22 bits per heavy atom. The Labute approximate surface area is 213 Å². The minimum Gasteiger partial charge on any atom is -0.464 e. The fourth-order valence-electron chi connectivity index (χ4n) is 2.12. The third-order valence-corrected chi connectivity index (χ3v) is 6.57. The number of alkyl halides is 6. The van der Waals surface area contributed by atoms with E-state index >= 15 is 0 Å². The Hall–Kier alpha value is -1.61. The van der Waals surface area contributed by atoms with E-state index in [1.807, 2.05) is 6.92 Å². The average Bonchev–Trinajstić information content (AvgIpc) is 2.70. The molecule has 0 saturated carbocycles. The molecule has 0 radical (unpaired) electrons. The first kappa shape index (κ1) is 37.5. The standard InChI is InChI=1S/C14H22F6O3.C8H16O5S/c1-6-11(4,5)10(21)23-9(8(2)3)7-12(22,13(15,16)17)14(18,19)20;1-4-8(2,3)7(9)13-5-6-14(10,11)12/h8-9,22H,6-7H2,1-5H3;4-6H2,1-3H3,(H,10,11,12). The lowest BCUT2D eigenvalue weighted by atomic mass is 9.88. The summed E-state index contributed by atoms with van der Waals surface area (Å²) in [7, 11) is -4.05. The molecule has 0 aromatic heterocycles. The van der Waals surface area contributed by atoms with Gasteiger partial charge in [-0.1, -0.05) is 27.7 Å². The van der Waals surface area contributed by atoms with Gasteiger partial charge in [0, 0.05) is 6.42 Å². The van der Waals surface area contributed by atoms with Gasteiger partial charge in [0.15, 0.2) is 0 Å². The average molecular weight is 577 g/mol. The van der Waals surface area contributed by atoms with Crippen LogP contribution in [-0.4, -0.2) is 66.4 Å². The lowest BCUT2D eigenvalue weighted by Gasteiger charge is -2.36. The van der Waals surface area contributed by atoms with Crippen LogP contribution >= 0.6 is 0 Å². The molecule has 0 bridgehead atoms. The molecule has 37 heavy (non-hydrogen) atoms. The van der Waals surface area contributed by atoms with Gasteiger partial charge in [-0.2, -0.15) is 34.8 Å². The molecule has 0 heterocycles. The van der Waals surface area contributed by atoms with E-state index in [-0.39, 0.29) is 6.61 Å². The van der Waals surface area contributed by atoms with E-state index in [1.54, 1.807) is 20.8 Å². The van der Waals surface area contributed by atoms with E-state index in [9.17, 15) is 49.5 Å². The summed E-state index contributed by atoms with van der Waals surface area (Å²) in [6.45, 7) is 12.1. The van der Waals surface area contributed by atoms with Gasteiger partial charge in [-0.05, 0) is 46.5 Å². The maximum Gasteiger partial charge on any atom is 0.426 e. The Morgan fingerprint density at radius 1 is 0.838 bits per heavy atom. The van der Waals surface area contributed by atoms with Gasteiger partial charge in [0.25, 0.3) is 15.7 Å². The summed E-state index contributed by atoms with van der Waals surface area (Å²) in [6.07, 6.45) is -14.5. The van der Waals surface area contributed by atoms with Crippen LogP contribution in [0, 0.1) is 16.7 Å². The minimum absolute atomic E-state index is 0.291. The van der Waals surface area contributed by atoms with Crippen LogP contribution < -0.4 is 0 Å². The maximum absolute atomic E-state index is 12.8. The summed E-state index contributed by atoms with van der Waals surface area (Å²) in [6, 6.07) is 0. The van der Waals surface area contributed by atoms with Crippen LogP contribution in [-0.2, 0) is 29.2 Å². The summed E-state index contributed by atoms with van der Waals surface area (Å²) in [5.74, 6) is -2.77. The molecule has 0 aliphatic heterocycles. The highest BCUT2D eigenvalue weighted by molar-refractivity contribution is 7.85. The van der Waals surface area contributed by atoms with Crippen molar-refractivity contribution in [2.45, 2.75) is 98.7 Å². The highest BCUT2D eigenvalue weighted by Crippen LogP contribution is 2.47. The molecule has 222 valence electrons. The van der Waals surface area contributed by atoms with E-state index < -0.39 is 75.0 Å². The summed E-state index contributed by atoms with van der Waals surface area (Å²) in [4.78, 5) is 23.2. The number of carbonyl (C=O) groups excluding carboxylic acids is 2. The molecule has 0 fully saturated rings. The SMILES string of the molecule is CCC(C)(C)C(=O)OC(CC(O)(C(F)(F)F)C(F)(F)F)C(C)C.CCC(C)(C)C(=O)OCCS(=O)(=O)O. The summed E-state index contributed by atoms with van der Waals surface area (Å²) in [5, 5.41) is 9.24. The maximum atomic E-state index is 12.8. The van der Waals surface area contributed by atoms with E-state index in [0.717, 1.165) is 0 Å². The molecule has 0 rings (SSSR count). The number of esters is 2. The Bertz CT molecular complexity index is 834. The molecule has 0 amide bonds. The molecule has 8 nitrogen and oxygen atoms in total. The number of hydrogen-bond acceptors (Lipinski definition) is 7. The fourth-order valence-corrected chi connectivity index (χ4v) is 2.41. The second-order valence-corrected chi connectivity index (χ2v) is 11.7. The molecule has 0 saturated heterocycles. The Morgan fingerprint density at radius 3 is 1.51 bits per heavy atom. The fraction of sp³-hybridized carbons (Fsp3) is 0.909. The van der Waals surface area contributed by atoms with Crippen LogP contribution in [0.5, 0.6) is 0 Å². The summed E-state index contributed by atoms with van der Waals surface area (Å²) in [5.41, 5.74) is -6.60. The van der Waals surface area contributed by atoms with Crippen molar-refractivity contribution in [3.05, 3.63) is 0 Å². The molecule has 0 spiro atoms. The molecule has 0 aromatic rings. The smallest absolute Gasteiger partial charge is 0.426 e. The summed E-state index contributed by atoms with van der Waals surface area (Å²) < 4.78 is 115. The molecule has 2 N–H and O–H groups in total. The van der Waals surface area contributed by atoms with Gasteiger partial charge in [0.05, 0.1) is 10.8 Å². The van der Waals surface area contributed by atoms with Crippen molar-refractivity contribution in [2.75, 3.05) is 12.4 Å². The van der Waals surface area contributed by atoms with Gasteiger partial charge in [-0.3, -0.25) is 14.1 Å². The second kappa shape index (κ2) is 13.5. The molecule has 0 aromatic carbocycles. The first-order valence-corrected chi connectivity index (χ1v) is 13.0. The molecular weight excluding hydrogens is 538 g/mol. The van der Waals surface area contributed by atoms with Crippen LogP contribution in [0.3, 0.4) is 0 Å². The predicted molar refractivity (Wildman–Crippen MR) is 122 cm³/mol. The predicted octanol–water partition coefficient (Wildman–Crippen LogP) is 5.09. The number of rotatable bonds is 11. The van der Waals surface area contributed by atoms with E-state index in [0.29, 0.717) is 12.8 Å². The van der Waals surface area contributed by atoms with Gasteiger partial charge in [0.1, 0.15) is 18.5 Å². The Kier molecular flexibility index (Phi) is 13.6. The van der Waals surface area contributed by atoms with Crippen LogP contribution in [0.4, 0.5) is 26.3 Å². The van der Waals surface area contributed by atoms with Gasteiger partial charge in [-0.25, -0.2) is 0 Å². The second-order valence-electron chi connectivity index (χ2n) is 10.1. The van der Waals surface area contributed by atoms with E-state index in [1.165, 1.54) is 27.7 Å². The molecule has 15 heteroatoms. The Balaban J connectivity index is 0. The number of halogens is 6. The van der Waals surface area contributed by atoms with Crippen molar-refractivity contribution < 1.29 is 63.5 Å². The zero-order valence-electron chi connectivity index (χ0n) is 22.2. The normalized spacial score (nSPS) is 14.5. The number of ether oxygens (including phenoxy) is 2. The van der Waals surface area contributed by atoms with Crippen molar-refractivity contribution in [3.63, 3.8) is 0 Å². The van der Waals surface area contributed by atoms with Crippen LogP contribution in [0.25, 0.3) is 0 Å². The largest absolute Gasteiger partial charge is 0.464 e. The number of hydrogen-bond donors (Lipinski definition) is 2. The molecular formula is C22H38F6O8S. The van der Waals surface area contributed by atoms with Crippen molar-refractivity contribution >= 4 is 22.1 Å². The van der Waals surface area contributed by atoms with Crippen LogP contribution in [0.1, 0.15) is 74.7 Å². The van der Waals surface area contributed by atoms with Crippen LogP contribution in [0.2, 0.25) is 0 Å². The monoisotopic (exact) mass is 576 g/mol. The number of aliphatic hydroxyl groups is 1. The van der Waals surface area contributed by atoms with Crippen molar-refractivity contribution in [1.29, 1.82) is 0 Å². The highest BCUT2D eigenvalue weighted by Gasteiger charge is 2.71. The van der Waals surface area contributed by atoms with E-state index in [4.69, 9.17) is 14.0 Å². The third-order valence-electron chi connectivity index (χ3n) is 5.88. The zero-order chi connectivity index (χ0) is 30.3. The van der Waals surface area contributed by atoms with Gasteiger partial charge >= 0.3 is 24.3 Å².